The molecule has 0 aromatic rings. The summed E-state index contributed by atoms with van der Waals surface area (Å²) in [4.78, 5) is 16.4. The predicted molar refractivity (Wildman–Crippen MR) is 59.5 cm³/mol. The van der Waals surface area contributed by atoms with Gasteiger partial charge >= 0.3 is 0 Å². The summed E-state index contributed by atoms with van der Waals surface area (Å²) in [6.07, 6.45) is 9.70. The van der Waals surface area contributed by atoms with Gasteiger partial charge in [0.05, 0.1) is 6.54 Å². The van der Waals surface area contributed by atoms with Crippen molar-refractivity contribution in [3.05, 3.63) is 0 Å². The van der Waals surface area contributed by atoms with Gasteiger partial charge in [0.25, 0.3) is 0 Å². The quantitative estimate of drug-likeness (QED) is 0.525. The molecule has 84 valence electrons. The van der Waals surface area contributed by atoms with Crippen LogP contribution < -0.4 is 0 Å². The molecule has 2 fully saturated rings. The molecule has 0 aromatic heterocycles. The second-order valence-corrected chi connectivity index (χ2v) is 4.85. The van der Waals surface area contributed by atoms with Gasteiger partial charge in [-0.25, -0.2) is 9.79 Å². The normalized spacial score (nSPS) is 25.3. The number of aliphatic imine (C=N–C) groups is 1. The fourth-order valence-corrected chi connectivity index (χ4v) is 2.94. The average molecular weight is 208 g/mol. The fraction of sp³-hybridized carbons (Fsp3) is 0.917. The third kappa shape index (κ3) is 2.90. The van der Waals surface area contributed by atoms with Crippen LogP contribution in [0.4, 0.5) is 0 Å². The van der Waals surface area contributed by atoms with E-state index in [2.05, 4.69) is 9.89 Å². The van der Waals surface area contributed by atoms with Gasteiger partial charge in [0.15, 0.2) is 0 Å². The average Bonchev–Trinajstić information content (AvgIpc) is 2.80. The van der Waals surface area contributed by atoms with Crippen molar-refractivity contribution in [2.24, 2.45) is 10.9 Å². The third-order valence-corrected chi connectivity index (χ3v) is 3.90. The first kappa shape index (κ1) is 10.8. The van der Waals surface area contributed by atoms with Crippen LogP contribution in [0.1, 0.15) is 38.5 Å². The van der Waals surface area contributed by atoms with Crippen molar-refractivity contribution in [1.82, 2.24) is 4.90 Å². The summed E-state index contributed by atoms with van der Waals surface area (Å²) in [6.45, 7) is 3.12. The maximum Gasteiger partial charge on any atom is 0.234 e. The molecule has 1 aliphatic carbocycles. The molecule has 0 unspecified atom stereocenters. The zero-order chi connectivity index (χ0) is 10.5. The van der Waals surface area contributed by atoms with Gasteiger partial charge in [0, 0.05) is 6.04 Å². The molecule has 2 aliphatic rings. The van der Waals surface area contributed by atoms with Crippen LogP contribution in [-0.2, 0) is 4.79 Å². The van der Waals surface area contributed by atoms with Gasteiger partial charge < -0.3 is 4.90 Å². The highest BCUT2D eigenvalue weighted by atomic mass is 16.1. The number of isocyanates is 1. The second kappa shape index (κ2) is 5.43. The Morgan fingerprint density at radius 2 is 1.80 bits per heavy atom. The molecule has 1 aliphatic heterocycles. The summed E-state index contributed by atoms with van der Waals surface area (Å²) in [5.74, 6) is 0.629. The van der Waals surface area contributed by atoms with Crippen LogP contribution in [0, 0.1) is 5.92 Å². The first-order valence-electron chi connectivity index (χ1n) is 6.18. The first-order chi connectivity index (χ1) is 7.40. The van der Waals surface area contributed by atoms with Crippen LogP contribution in [0.15, 0.2) is 4.99 Å². The highest BCUT2D eigenvalue weighted by Gasteiger charge is 2.26. The SMILES string of the molecule is O=C=NCC1CCN(C2CCCC2)CC1. The fourth-order valence-electron chi connectivity index (χ4n) is 2.94. The molecule has 1 heterocycles. The second-order valence-electron chi connectivity index (χ2n) is 4.85. The van der Waals surface area contributed by atoms with Crippen molar-refractivity contribution >= 4 is 6.08 Å². The molecule has 0 spiro atoms. The van der Waals surface area contributed by atoms with Gasteiger partial charge in [-0.05, 0) is 44.7 Å². The first-order valence-corrected chi connectivity index (χ1v) is 6.18. The largest absolute Gasteiger partial charge is 0.300 e. The summed E-state index contributed by atoms with van der Waals surface area (Å²) in [5, 5.41) is 0. The van der Waals surface area contributed by atoms with E-state index in [4.69, 9.17) is 0 Å². The highest BCUT2D eigenvalue weighted by Crippen LogP contribution is 2.27. The van der Waals surface area contributed by atoms with Crippen molar-refractivity contribution in [3.63, 3.8) is 0 Å². The molecule has 1 saturated carbocycles. The van der Waals surface area contributed by atoms with Crippen molar-refractivity contribution in [1.29, 1.82) is 0 Å². The monoisotopic (exact) mass is 208 g/mol. The summed E-state index contributed by atoms with van der Waals surface area (Å²) in [7, 11) is 0. The van der Waals surface area contributed by atoms with E-state index in [1.54, 1.807) is 6.08 Å². The van der Waals surface area contributed by atoms with Gasteiger partial charge in [-0.1, -0.05) is 12.8 Å². The lowest BCUT2D eigenvalue weighted by molar-refractivity contribution is 0.137. The van der Waals surface area contributed by atoms with Crippen LogP contribution in [0.25, 0.3) is 0 Å². The van der Waals surface area contributed by atoms with Gasteiger partial charge in [-0.3, -0.25) is 0 Å². The lowest BCUT2D eigenvalue weighted by Gasteiger charge is -2.35. The van der Waals surface area contributed by atoms with E-state index >= 15 is 0 Å². The van der Waals surface area contributed by atoms with Crippen molar-refractivity contribution in [3.8, 4) is 0 Å². The van der Waals surface area contributed by atoms with E-state index in [1.807, 2.05) is 0 Å². The smallest absolute Gasteiger partial charge is 0.234 e. The van der Waals surface area contributed by atoms with Crippen LogP contribution in [0.2, 0.25) is 0 Å². The Morgan fingerprint density at radius 3 is 2.40 bits per heavy atom. The van der Waals surface area contributed by atoms with E-state index < -0.39 is 0 Å². The molecule has 3 nitrogen and oxygen atoms in total. The molecule has 3 heteroatoms. The number of hydrogen-bond acceptors (Lipinski definition) is 3. The maximum absolute atomic E-state index is 10.0. The number of hydrogen-bond donors (Lipinski definition) is 0. The molecule has 0 radical (unpaired) electrons. The lowest BCUT2D eigenvalue weighted by atomic mass is 9.95. The zero-order valence-electron chi connectivity index (χ0n) is 9.32. The predicted octanol–water partition coefficient (Wildman–Crippen LogP) is 1.98. The summed E-state index contributed by atoms with van der Waals surface area (Å²) in [5.41, 5.74) is 0. The zero-order valence-corrected chi connectivity index (χ0v) is 9.32. The van der Waals surface area contributed by atoms with Gasteiger partial charge in [-0.2, -0.15) is 0 Å². The number of rotatable bonds is 3. The molecule has 0 bridgehead atoms. The van der Waals surface area contributed by atoms with Crippen LogP contribution in [0.3, 0.4) is 0 Å². The molecule has 1 saturated heterocycles. The number of piperidine rings is 1. The van der Waals surface area contributed by atoms with E-state index in [0.717, 1.165) is 6.04 Å². The number of likely N-dealkylation sites (tertiary alicyclic amines) is 1. The lowest BCUT2D eigenvalue weighted by Crippen LogP contribution is -2.40. The Labute approximate surface area is 91.6 Å². The molecular formula is C12H20N2O. The van der Waals surface area contributed by atoms with Crippen LogP contribution in [-0.4, -0.2) is 36.7 Å². The van der Waals surface area contributed by atoms with Crippen molar-refractivity contribution in [2.75, 3.05) is 19.6 Å². The molecule has 2 rings (SSSR count). The Balaban J connectivity index is 1.73. The van der Waals surface area contributed by atoms with E-state index in [-0.39, 0.29) is 0 Å². The maximum atomic E-state index is 10.0. The van der Waals surface area contributed by atoms with Crippen molar-refractivity contribution < 1.29 is 4.79 Å². The highest BCUT2D eigenvalue weighted by molar-refractivity contribution is 5.32. The Bertz CT molecular complexity index is 234. The van der Waals surface area contributed by atoms with Gasteiger partial charge in [0.1, 0.15) is 0 Å². The van der Waals surface area contributed by atoms with Crippen LogP contribution >= 0.6 is 0 Å². The Kier molecular flexibility index (Phi) is 3.93. The summed E-state index contributed by atoms with van der Waals surface area (Å²) >= 11 is 0. The topological polar surface area (TPSA) is 32.7 Å². The Morgan fingerprint density at radius 1 is 1.13 bits per heavy atom. The van der Waals surface area contributed by atoms with E-state index in [9.17, 15) is 4.79 Å². The minimum absolute atomic E-state index is 0.629. The molecule has 0 aromatic carbocycles. The number of nitrogens with zero attached hydrogens (tertiary/aromatic N) is 2. The minimum atomic E-state index is 0.629. The minimum Gasteiger partial charge on any atom is -0.300 e. The molecular weight excluding hydrogens is 188 g/mol. The van der Waals surface area contributed by atoms with Gasteiger partial charge in [0.2, 0.25) is 6.08 Å². The van der Waals surface area contributed by atoms with Crippen LogP contribution in [0.5, 0.6) is 0 Å². The Hall–Kier alpha value is -0.660. The van der Waals surface area contributed by atoms with E-state index in [0.29, 0.717) is 12.5 Å². The molecule has 0 amide bonds. The summed E-state index contributed by atoms with van der Waals surface area (Å²) < 4.78 is 0. The summed E-state index contributed by atoms with van der Waals surface area (Å²) in [6, 6.07) is 0.862. The molecule has 15 heavy (non-hydrogen) atoms. The van der Waals surface area contributed by atoms with Gasteiger partial charge in [-0.15, -0.1) is 0 Å². The van der Waals surface area contributed by atoms with E-state index in [1.165, 1.54) is 51.6 Å². The standard InChI is InChI=1S/C12H20N2O/c15-10-13-9-11-5-7-14(8-6-11)12-3-1-2-4-12/h11-12H,1-9H2. The molecule has 0 atom stereocenters. The molecule has 0 N–H and O–H groups in total. The van der Waals surface area contributed by atoms with Crippen molar-refractivity contribution in [2.45, 2.75) is 44.6 Å². The number of carbonyl (C=O) groups excluding carboxylic acids is 1. The third-order valence-electron chi connectivity index (χ3n) is 3.90.